The Bertz CT molecular complexity index is 195. The van der Waals surface area contributed by atoms with Crippen molar-refractivity contribution in [1.29, 1.82) is 0 Å². The van der Waals surface area contributed by atoms with Gasteiger partial charge in [0.25, 0.3) is 0 Å². The summed E-state index contributed by atoms with van der Waals surface area (Å²) in [6.07, 6.45) is 4.82. The van der Waals surface area contributed by atoms with Crippen molar-refractivity contribution in [2.75, 3.05) is 0 Å². The van der Waals surface area contributed by atoms with Crippen molar-refractivity contribution in [3.05, 3.63) is 0 Å². The van der Waals surface area contributed by atoms with Crippen LogP contribution in [-0.4, -0.2) is 17.0 Å². The first kappa shape index (κ1) is 11.7. The summed E-state index contributed by atoms with van der Waals surface area (Å²) in [5.41, 5.74) is -0.355. The Labute approximate surface area is 86.7 Å². The molecule has 0 amide bonds. The molecule has 14 heavy (non-hydrogen) atoms. The highest BCUT2D eigenvalue weighted by atomic mass is 16.3. The van der Waals surface area contributed by atoms with E-state index in [-0.39, 0.29) is 0 Å². The minimum absolute atomic E-state index is 0.309. The van der Waals surface area contributed by atoms with Crippen LogP contribution in [0.2, 0.25) is 0 Å². The van der Waals surface area contributed by atoms with Crippen LogP contribution < -0.4 is 0 Å². The first-order chi connectivity index (χ1) is 6.37. The summed E-state index contributed by atoms with van der Waals surface area (Å²) in [5.74, 6) is 0.689. The van der Waals surface area contributed by atoms with Gasteiger partial charge in [-0.2, -0.15) is 0 Å². The Morgan fingerprint density at radius 2 is 1.86 bits per heavy atom. The molecule has 2 heteroatoms. The molecule has 1 fully saturated rings. The van der Waals surface area contributed by atoms with E-state index in [2.05, 4.69) is 20.8 Å². The van der Waals surface area contributed by atoms with Gasteiger partial charge < -0.3 is 9.90 Å². The molecule has 0 spiro atoms. The summed E-state index contributed by atoms with van der Waals surface area (Å²) < 4.78 is 0. The van der Waals surface area contributed by atoms with Gasteiger partial charge in [-0.05, 0) is 37.0 Å². The first-order valence-electron chi connectivity index (χ1n) is 5.53. The van der Waals surface area contributed by atoms with E-state index >= 15 is 0 Å². The molecule has 0 unspecified atom stereocenters. The van der Waals surface area contributed by atoms with Crippen molar-refractivity contribution in [2.24, 2.45) is 11.3 Å². The molecule has 0 aromatic rings. The third-order valence-electron chi connectivity index (χ3n) is 3.60. The summed E-state index contributed by atoms with van der Waals surface area (Å²) >= 11 is 0. The zero-order valence-electron chi connectivity index (χ0n) is 9.55. The van der Waals surface area contributed by atoms with Crippen molar-refractivity contribution in [3.63, 3.8) is 0 Å². The highest BCUT2D eigenvalue weighted by Crippen LogP contribution is 2.42. The number of aldehydes is 1. The number of rotatable bonds is 2. The quantitative estimate of drug-likeness (QED) is 0.692. The van der Waals surface area contributed by atoms with Crippen LogP contribution in [0.25, 0.3) is 0 Å². The van der Waals surface area contributed by atoms with E-state index in [1.807, 2.05) is 0 Å². The zero-order chi connectivity index (χ0) is 10.8. The molecule has 0 radical (unpaired) electrons. The van der Waals surface area contributed by atoms with Crippen LogP contribution in [0.4, 0.5) is 0 Å². The van der Waals surface area contributed by atoms with E-state index in [0.29, 0.717) is 17.8 Å². The summed E-state index contributed by atoms with van der Waals surface area (Å²) in [4.78, 5) is 10.4. The smallest absolute Gasteiger partial charge is 0.122 e. The second kappa shape index (κ2) is 4.01. The summed E-state index contributed by atoms with van der Waals surface area (Å²) in [7, 11) is 0. The predicted molar refractivity (Wildman–Crippen MR) is 57.0 cm³/mol. The predicted octanol–water partition coefficient (Wildman–Crippen LogP) is 2.54. The highest BCUT2D eigenvalue weighted by molar-refractivity contribution is 5.51. The number of hydrogen-bond donors (Lipinski definition) is 1. The van der Waals surface area contributed by atoms with Crippen LogP contribution >= 0.6 is 0 Å². The van der Waals surface area contributed by atoms with Gasteiger partial charge in [0.2, 0.25) is 0 Å². The lowest BCUT2D eigenvalue weighted by atomic mass is 9.68. The van der Waals surface area contributed by atoms with Gasteiger partial charge in [0.1, 0.15) is 6.29 Å². The Kier molecular flexibility index (Phi) is 3.36. The molecule has 0 aromatic heterocycles. The Balaban J connectivity index is 2.49. The summed E-state index contributed by atoms with van der Waals surface area (Å²) in [6.45, 7) is 6.76. The maximum Gasteiger partial charge on any atom is 0.122 e. The van der Waals surface area contributed by atoms with Gasteiger partial charge in [-0.1, -0.05) is 20.8 Å². The maximum absolute atomic E-state index is 10.4. The standard InChI is InChI=1S/C12H22O2/c1-11(2,3)10-4-6-12(14,7-5-10)8-9-13/h9-10,14H,4-8H2,1-3H3. The summed E-state index contributed by atoms with van der Waals surface area (Å²) in [5, 5.41) is 10.0. The lowest BCUT2D eigenvalue weighted by molar-refractivity contribution is -0.114. The topological polar surface area (TPSA) is 37.3 Å². The van der Waals surface area contributed by atoms with Crippen LogP contribution in [0, 0.1) is 11.3 Å². The molecule has 0 saturated heterocycles. The molecule has 0 bridgehead atoms. The van der Waals surface area contributed by atoms with Gasteiger partial charge in [-0.3, -0.25) is 0 Å². The third kappa shape index (κ3) is 2.81. The molecule has 1 aliphatic carbocycles. The average molecular weight is 198 g/mol. The molecule has 1 aliphatic rings. The molecule has 82 valence electrons. The molecule has 1 saturated carbocycles. The van der Waals surface area contributed by atoms with E-state index in [4.69, 9.17) is 0 Å². The van der Waals surface area contributed by atoms with Crippen LogP contribution in [-0.2, 0) is 4.79 Å². The lowest BCUT2D eigenvalue weighted by Crippen LogP contribution is -2.37. The highest BCUT2D eigenvalue weighted by Gasteiger charge is 2.36. The van der Waals surface area contributed by atoms with Gasteiger partial charge in [-0.25, -0.2) is 0 Å². The molecule has 0 aromatic carbocycles. The monoisotopic (exact) mass is 198 g/mol. The van der Waals surface area contributed by atoms with Crippen molar-refractivity contribution in [2.45, 2.75) is 58.5 Å². The van der Waals surface area contributed by atoms with Crippen LogP contribution in [0.5, 0.6) is 0 Å². The van der Waals surface area contributed by atoms with Crippen molar-refractivity contribution >= 4 is 6.29 Å². The SMILES string of the molecule is CC(C)(C)C1CCC(O)(CC=O)CC1. The molecule has 0 heterocycles. The Hall–Kier alpha value is -0.370. The fraction of sp³-hybridized carbons (Fsp3) is 0.917. The van der Waals surface area contributed by atoms with Gasteiger partial charge in [0.05, 0.1) is 5.60 Å². The Morgan fingerprint density at radius 1 is 1.36 bits per heavy atom. The van der Waals surface area contributed by atoms with Crippen molar-refractivity contribution in [1.82, 2.24) is 0 Å². The molecule has 2 nitrogen and oxygen atoms in total. The fourth-order valence-electron chi connectivity index (χ4n) is 2.38. The fourth-order valence-corrected chi connectivity index (χ4v) is 2.38. The van der Waals surface area contributed by atoms with Crippen LogP contribution in [0.15, 0.2) is 0 Å². The maximum atomic E-state index is 10.4. The largest absolute Gasteiger partial charge is 0.389 e. The van der Waals surface area contributed by atoms with Gasteiger partial charge >= 0.3 is 0 Å². The summed E-state index contributed by atoms with van der Waals surface area (Å²) in [6, 6.07) is 0. The van der Waals surface area contributed by atoms with E-state index in [1.54, 1.807) is 0 Å². The van der Waals surface area contributed by atoms with E-state index in [9.17, 15) is 9.90 Å². The van der Waals surface area contributed by atoms with E-state index in [0.717, 1.165) is 32.0 Å². The van der Waals surface area contributed by atoms with Crippen molar-refractivity contribution in [3.8, 4) is 0 Å². The molecular weight excluding hydrogens is 176 g/mol. The zero-order valence-corrected chi connectivity index (χ0v) is 9.55. The average Bonchev–Trinajstić information content (AvgIpc) is 2.03. The van der Waals surface area contributed by atoms with Crippen LogP contribution in [0.3, 0.4) is 0 Å². The Morgan fingerprint density at radius 3 is 2.21 bits per heavy atom. The molecule has 0 aliphatic heterocycles. The van der Waals surface area contributed by atoms with Crippen molar-refractivity contribution < 1.29 is 9.90 Å². The number of carbonyl (C=O) groups is 1. The van der Waals surface area contributed by atoms with E-state index < -0.39 is 5.60 Å². The molecule has 1 rings (SSSR count). The minimum atomic E-state index is -0.691. The van der Waals surface area contributed by atoms with Gasteiger partial charge in [0.15, 0.2) is 0 Å². The normalized spacial score (nSPS) is 34.1. The van der Waals surface area contributed by atoms with E-state index in [1.165, 1.54) is 0 Å². The second-order valence-electron chi connectivity index (χ2n) is 5.74. The molecular formula is C12H22O2. The molecule has 1 N–H and O–H groups in total. The minimum Gasteiger partial charge on any atom is -0.389 e. The number of carbonyl (C=O) groups excluding carboxylic acids is 1. The van der Waals surface area contributed by atoms with Crippen LogP contribution in [0.1, 0.15) is 52.9 Å². The molecule has 0 atom stereocenters. The first-order valence-corrected chi connectivity index (χ1v) is 5.53. The van der Waals surface area contributed by atoms with Gasteiger partial charge in [-0.15, -0.1) is 0 Å². The lowest BCUT2D eigenvalue weighted by Gasteiger charge is -2.40. The van der Waals surface area contributed by atoms with Gasteiger partial charge in [0, 0.05) is 6.42 Å². The number of hydrogen-bond acceptors (Lipinski definition) is 2. The third-order valence-corrected chi connectivity index (χ3v) is 3.60. The number of aliphatic hydroxyl groups is 1. The second-order valence-corrected chi connectivity index (χ2v) is 5.74.